The van der Waals surface area contributed by atoms with Crippen LogP contribution in [0.2, 0.25) is 0 Å². The minimum Gasteiger partial charge on any atom is -0.390 e. The summed E-state index contributed by atoms with van der Waals surface area (Å²) >= 11 is 0. The maximum absolute atomic E-state index is 9.16. The summed E-state index contributed by atoms with van der Waals surface area (Å²) in [5.41, 5.74) is 0. The fourth-order valence-corrected chi connectivity index (χ4v) is 2.86. The normalized spacial score (nSPS) is 12.0. The van der Waals surface area contributed by atoms with Crippen LogP contribution in [0.4, 0.5) is 0 Å². The van der Waals surface area contributed by atoms with Crippen molar-refractivity contribution in [1.82, 2.24) is 0 Å². The van der Waals surface area contributed by atoms with Crippen LogP contribution in [0.5, 0.6) is 0 Å². The lowest BCUT2D eigenvalue weighted by atomic mass is 10.1. The van der Waals surface area contributed by atoms with Crippen molar-refractivity contribution in [3.05, 3.63) is 0 Å². The van der Waals surface area contributed by atoms with Gasteiger partial charge in [-0.15, -0.1) is 0 Å². The molecule has 0 aromatic carbocycles. The standard InChI is InChI=1S/C18H40NO3/c1-3-5-6-7-8-9-10-11-12-13-18-22-19(4-2,14-16-20)15-17-21/h20-21H,3-18H2,1-2H3/q+1. The van der Waals surface area contributed by atoms with Gasteiger partial charge in [-0.05, 0) is 13.3 Å². The number of rotatable bonds is 17. The number of nitrogens with zero attached hydrogens (tertiary/aromatic N) is 1. The van der Waals surface area contributed by atoms with E-state index in [1.807, 2.05) is 6.92 Å². The van der Waals surface area contributed by atoms with E-state index >= 15 is 0 Å². The van der Waals surface area contributed by atoms with Gasteiger partial charge in [0, 0.05) is 0 Å². The zero-order chi connectivity index (χ0) is 16.5. The Bertz CT molecular complexity index is 218. The van der Waals surface area contributed by atoms with E-state index in [0.717, 1.165) is 19.6 Å². The molecule has 22 heavy (non-hydrogen) atoms. The van der Waals surface area contributed by atoms with E-state index < -0.39 is 0 Å². The Morgan fingerprint density at radius 1 is 0.682 bits per heavy atom. The largest absolute Gasteiger partial charge is 0.390 e. The summed E-state index contributed by atoms with van der Waals surface area (Å²) in [5.74, 6) is 0. The highest BCUT2D eigenvalue weighted by molar-refractivity contribution is 4.47. The summed E-state index contributed by atoms with van der Waals surface area (Å²) in [5, 5.41) is 18.3. The van der Waals surface area contributed by atoms with Crippen LogP contribution < -0.4 is 0 Å². The van der Waals surface area contributed by atoms with Crippen molar-refractivity contribution in [3.8, 4) is 0 Å². The fraction of sp³-hybridized carbons (Fsp3) is 1.00. The van der Waals surface area contributed by atoms with E-state index in [1.165, 1.54) is 57.8 Å². The van der Waals surface area contributed by atoms with Crippen molar-refractivity contribution in [1.29, 1.82) is 0 Å². The molecule has 0 atom stereocenters. The van der Waals surface area contributed by atoms with E-state index in [2.05, 4.69) is 6.92 Å². The summed E-state index contributed by atoms with van der Waals surface area (Å²) in [6.07, 6.45) is 13.2. The van der Waals surface area contributed by atoms with Gasteiger partial charge in [-0.2, -0.15) is 4.65 Å². The average Bonchev–Trinajstić information content (AvgIpc) is 2.53. The van der Waals surface area contributed by atoms with E-state index in [4.69, 9.17) is 15.1 Å². The number of hydrogen-bond acceptors (Lipinski definition) is 3. The van der Waals surface area contributed by atoms with Crippen LogP contribution in [0.15, 0.2) is 0 Å². The molecule has 0 heterocycles. The zero-order valence-corrected chi connectivity index (χ0v) is 15.1. The van der Waals surface area contributed by atoms with Crippen molar-refractivity contribution in [2.45, 2.75) is 78.1 Å². The summed E-state index contributed by atoms with van der Waals surface area (Å²) in [4.78, 5) is 5.95. The first-order chi connectivity index (χ1) is 10.7. The molecule has 0 fully saturated rings. The Labute approximate surface area is 138 Å². The Balaban J connectivity index is 3.53. The first-order valence-electron chi connectivity index (χ1n) is 9.47. The molecule has 0 aliphatic rings. The number of hydroxylamine groups is 3. The van der Waals surface area contributed by atoms with Crippen molar-refractivity contribution in [2.24, 2.45) is 0 Å². The van der Waals surface area contributed by atoms with Gasteiger partial charge >= 0.3 is 0 Å². The molecule has 0 rings (SSSR count). The lowest BCUT2D eigenvalue weighted by Crippen LogP contribution is -2.51. The highest BCUT2D eigenvalue weighted by atomic mass is 16.7. The first kappa shape index (κ1) is 21.8. The number of hydrogen-bond donors (Lipinski definition) is 2. The zero-order valence-electron chi connectivity index (χ0n) is 15.1. The number of quaternary nitrogens is 1. The molecule has 0 radical (unpaired) electrons. The van der Waals surface area contributed by atoms with Crippen LogP contribution in [-0.4, -0.2) is 54.3 Å². The summed E-state index contributed by atoms with van der Waals surface area (Å²) in [6, 6.07) is 0. The third-order valence-corrected chi connectivity index (χ3v) is 4.45. The molecule has 0 aliphatic carbocycles. The predicted octanol–water partition coefficient (Wildman–Crippen LogP) is 3.66. The van der Waals surface area contributed by atoms with Crippen LogP contribution in [0.3, 0.4) is 0 Å². The van der Waals surface area contributed by atoms with Gasteiger partial charge in [-0.1, -0.05) is 64.7 Å². The monoisotopic (exact) mass is 318 g/mol. The van der Waals surface area contributed by atoms with E-state index in [1.54, 1.807) is 0 Å². The molecule has 2 N–H and O–H groups in total. The van der Waals surface area contributed by atoms with E-state index in [0.29, 0.717) is 17.7 Å². The van der Waals surface area contributed by atoms with Crippen LogP contribution in [0, 0.1) is 0 Å². The lowest BCUT2D eigenvalue weighted by molar-refractivity contribution is -1.10. The van der Waals surface area contributed by atoms with Crippen molar-refractivity contribution in [3.63, 3.8) is 0 Å². The van der Waals surface area contributed by atoms with Gasteiger partial charge in [-0.25, -0.2) is 4.84 Å². The summed E-state index contributed by atoms with van der Waals surface area (Å²) in [7, 11) is 0. The molecule has 0 saturated heterocycles. The van der Waals surface area contributed by atoms with Gasteiger partial charge in [0.2, 0.25) is 0 Å². The van der Waals surface area contributed by atoms with Gasteiger partial charge < -0.3 is 10.2 Å². The molecule has 4 nitrogen and oxygen atoms in total. The number of likely N-dealkylation sites (N-methyl/N-ethyl adjacent to an activating group) is 1. The van der Waals surface area contributed by atoms with Gasteiger partial charge in [0.15, 0.2) is 0 Å². The molecule has 134 valence electrons. The van der Waals surface area contributed by atoms with Crippen molar-refractivity contribution in [2.75, 3.05) is 39.5 Å². The van der Waals surface area contributed by atoms with Crippen LogP contribution in [-0.2, 0) is 4.84 Å². The molecule has 4 heteroatoms. The smallest absolute Gasteiger partial charge is 0.132 e. The van der Waals surface area contributed by atoms with Gasteiger partial charge in [0.05, 0.1) is 13.2 Å². The second kappa shape index (κ2) is 15.7. The molecular formula is C18H40NO3+. The third-order valence-electron chi connectivity index (χ3n) is 4.45. The maximum Gasteiger partial charge on any atom is 0.132 e. The highest BCUT2D eigenvalue weighted by Gasteiger charge is 2.26. The minimum absolute atomic E-state index is 0.103. The minimum atomic E-state index is 0.103. The van der Waals surface area contributed by atoms with Crippen LogP contribution in [0.25, 0.3) is 0 Å². The third kappa shape index (κ3) is 11.4. The fourth-order valence-electron chi connectivity index (χ4n) is 2.86. The molecule has 0 aromatic heterocycles. The average molecular weight is 319 g/mol. The highest BCUT2D eigenvalue weighted by Crippen LogP contribution is 2.12. The lowest BCUT2D eigenvalue weighted by Gasteiger charge is -2.33. The van der Waals surface area contributed by atoms with Crippen molar-refractivity contribution < 1.29 is 19.7 Å². The summed E-state index contributed by atoms with van der Waals surface area (Å²) < 4.78 is 0.379. The predicted molar refractivity (Wildman–Crippen MR) is 92.5 cm³/mol. The number of aliphatic hydroxyl groups is 2. The number of aliphatic hydroxyl groups excluding tert-OH is 2. The van der Waals surface area contributed by atoms with Gasteiger partial charge in [0.25, 0.3) is 0 Å². The van der Waals surface area contributed by atoms with E-state index in [-0.39, 0.29) is 13.2 Å². The molecule has 0 amide bonds. The molecule has 0 saturated carbocycles. The Hall–Kier alpha value is -0.160. The topological polar surface area (TPSA) is 49.7 Å². The second-order valence-electron chi connectivity index (χ2n) is 6.28. The molecular weight excluding hydrogens is 278 g/mol. The molecule has 0 bridgehead atoms. The van der Waals surface area contributed by atoms with Crippen molar-refractivity contribution >= 4 is 0 Å². The molecule has 0 aromatic rings. The van der Waals surface area contributed by atoms with Crippen LogP contribution >= 0.6 is 0 Å². The van der Waals surface area contributed by atoms with Crippen LogP contribution in [0.1, 0.15) is 78.1 Å². The Morgan fingerprint density at radius 2 is 1.14 bits per heavy atom. The quantitative estimate of drug-likeness (QED) is 0.244. The molecule has 0 unspecified atom stereocenters. The number of unbranched alkanes of at least 4 members (excludes halogenated alkanes) is 9. The first-order valence-corrected chi connectivity index (χ1v) is 9.47. The SMILES string of the molecule is CCCCCCCCCCCCO[N+](CC)(CCO)CCO. The molecule has 0 spiro atoms. The van der Waals surface area contributed by atoms with Gasteiger partial charge in [-0.3, -0.25) is 0 Å². The Kier molecular flexibility index (Phi) is 15.6. The second-order valence-corrected chi connectivity index (χ2v) is 6.28. The van der Waals surface area contributed by atoms with E-state index in [9.17, 15) is 0 Å². The summed E-state index contributed by atoms with van der Waals surface area (Å²) in [6.45, 7) is 7.16. The van der Waals surface area contributed by atoms with Gasteiger partial charge in [0.1, 0.15) is 26.2 Å². The molecule has 0 aliphatic heterocycles. The maximum atomic E-state index is 9.16. The Morgan fingerprint density at radius 3 is 1.55 bits per heavy atom.